The maximum atomic E-state index is 11.9. The fourth-order valence-electron chi connectivity index (χ4n) is 1.95. The third-order valence-corrected chi connectivity index (χ3v) is 5.01. The number of nitrogens with zero attached hydrogens (tertiary/aromatic N) is 2. The van der Waals surface area contributed by atoms with E-state index in [2.05, 4.69) is 14.7 Å². The third kappa shape index (κ3) is 4.43. The number of hydrogen-bond donors (Lipinski definition) is 1. The first-order valence-corrected chi connectivity index (χ1v) is 8.15. The van der Waals surface area contributed by atoms with Gasteiger partial charge in [0, 0.05) is 11.8 Å². The molecule has 1 unspecified atom stereocenters. The fraction of sp³-hybridized carbons (Fsp3) is 0.750. The molecule has 0 saturated heterocycles. The second kappa shape index (κ2) is 6.67. The number of methoxy groups -OCH3 is 1. The molecule has 1 heterocycles. The third-order valence-electron chi connectivity index (χ3n) is 3.12. The molecule has 1 atom stereocenters. The number of ether oxygens (including phenoxy) is 1. The molecule has 1 aromatic rings. The summed E-state index contributed by atoms with van der Waals surface area (Å²) in [5.41, 5.74) is -0.558. The van der Waals surface area contributed by atoms with Crippen LogP contribution in [0.4, 0.5) is 0 Å². The lowest BCUT2D eigenvalue weighted by Gasteiger charge is -2.28. The van der Waals surface area contributed by atoms with E-state index < -0.39 is 5.54 Å². The first kappa shape index (κ1) is 14.7. The minimum atomic E-state index is -0.558. The Morgan fingerprint density at radius 1 is 1.68 bits per heavy atom. The summed E-state index contributed by atoms with van der Waals surface area (Å²) in [4.78, 5) is 16.0. The predicted octanol–water partition coefficient (Wildman–Crippen LogP) is 2.09. The van der Waals surface area contributed by atoms with Gasteiger partial charge in [-0.1, -0.05) is 11.8 Å². The molecule has 7 heteroatoms. The van der Waals surface area contributed by atoms with Gasteiger partial charge < -0.3 is 4.74 Å². The highest BCUT2D eigenvalue weighted by atomic mass is 32.2. The first-order valence-electron chi connectivity index (χ1n) is 6.39. The van der Waals surface area contributed by atoms with Gasteiger partial charge in [-0.15, -0.1) is 0 Å². The average Bonchev–Trinajstić information content (AvgIpc) is 3.06. The first-order chi connectivity index (χ1) is 9.14. The fourth-order valence-corrected chi connectivity index (χ4v) is 3.40. The van der Waals surface area contributed by atoms with Gasteiger partial charge in [-0.2, -0.15) is 4.37 Å². The van der Waals surface area contributed by atoms with E-state index >= 15 is 0 Å². The second-order valence-corrected chi connectivity index (χ2v) is 7.02. The number of aromatic nitrogens is 2. The van der Waals surface area contributed by atoms with Crippen molar-refractivity contribution in [1.29, 1.82) is 0 Å². The Labute approximate surface area is 121 Å². The van der Waals surface area contributed by atoms with Gasteiger partial charge in [0.2, 0.25) is 0 Å². The van der Waals surface area contributed by atoms with Crippen LogP contribution in [0.15, 0.2) is 10.7 Å². The highest BCUT2D eigenvalue weighted by Gasteiger charge is 2.38. The van der Waals surface area contributed by atoms with Crippen molar-refractivity contribution in [1.82, 2.24) is 14.7 Å². The molecule has 2 rings (SSSR count). The molecule has 0 radical (unpaired) electrons. The summed E-state index contributed by atoms with van der Waals surface area (Å²) in [6.45, 7) is 1.94. The van der Waals surface area contributed by atoms with Crippen molar-refractivity contribution < 1.29 is 9.53 Å². The Morgan fingerprint density at radius 2 is 2.47 bits per heavy atom. The largest absolute Gasteiger partial charge is 0.468 e. The van der Waals surface area contributed by atoms with E-state index in [1.807, 2.05) is 6.92 Å². The minimum Gasteiger partial charge on any atom is -0.468 e. The molecule has 1 aliphatic carbocycles. The molecular formula is C12H19N3O2S2. The molecule has 1 aromatic heterocycles. The molecule has 1 fully saturated rings. The zero-order chi connectivity index (χ0) is 13.7. The van der Waals surface area contributed by atoms with Gasteiger partial charge in [0.05, 0.1) is 7.11 Å². The molecule has 0 aromatic carbocycles. The van der Waals surface area contributed by atoms with E-state index in [0.29, 0.717) is 6.04 Å². The predicted molar refractivity (Wildman–Crippen MR) is 76.4 cm³/mol. The normalized spacial score (nSPS) is 18.0. The molecule has 0 spiro atoms. The molecule has 19 heavy (non-hydrogen) atoms. The number of hydrogen-bond acceptors (Lipinski definition) is 7. The van der Waals surface area contributed by atoms with E-state index in [1.54, 1.807) is 18.1 Å². The van der Waals surface area contributed by atoms with Crippen molar-refractivity contribution >= 4 is 29.3 Å². The van der Waals surface area contributed by atoms with E-state index in [4.69, 9.17) is 4.74 Å². The van der Waals surface area contributed by atoms with Crippen LogP contribution in [0.1, 0.15) is 32.6 Å². The maximum Gasteiger partial charge on any atom is 0.325 e. The van der Waals surface area contributed by atoms with Gasteiger partial charge in [0.1, 0.15) is 11.9 Å². The molecule has 1 saturated carbocycles. The molecule has 106 valence electrons. The van der Waals surface area contributed by atoms with Crippen molar-refractivity contribution in [3.8, 4) is 0 Å². The number of thioether (sulfide) groups is 1. The zero-order valence-electron chi connectivity index (χ0n) is 11.2. The lowest BCUT2D eigenvalue weighted by atomic mass is 9.96. The number of esters is 1. The van der Waals surface area contributed by atoms with Crippen molar-refractivity contribution in [2.45, 2.75) is 48.5 Å². The van der Waals surface area contributed by atoms with Gasteiger partial charge in [-0.3, -0.25) is 10.1 Å². The topological polar surface area (TPSA) is 64.1 Å². The van der Waals surface area contributed by atoms with Crippen LogP contribution in [0.2, 0.25) is 0 Å². The number of carbonyl (C=O) groups excluding carboxylic acids is 1. The molecule has 5 nitrogen and oxygen atoms in total. The van der Waals surface area contributed by atoms with Crippen LogP contribution in [0.5, 0.6) is 0 Å². The minimum absolute atomic E-state index is 0.166. The maximum absolute atomic E-state index is 11.9. The van der Waals surface area contributed by atoms with Crippen LogP contribution in [0.3, 0.4) is 0 Å². The second-order valence-electron chi connectivity index (χ2n) is 4.90. The summed E-state index contributed by atoms with van der Waals surface area (Å²) >= 11 is 3.09. The molecule has 1 aliphatic rings. The molecular weight excluding hydrogens is 282 g/mol. The number of carbonyl (C=O) groups is 1. The number of rotatable bonds is 8. The smallest absolute Gasteiger partial charge is 0.325 e. The van der Waals surface area contributed by atoms with Gasteiger partial charge in [-0.05, 0) is 44.1 Å². The Bertz CT molecular complexity index is 409. The Hall–Kier alpha value is -0.660. The van der Waals surface area contributed by atoms with Crippen molar-refractivity contribution in [2.75, 3.05) is 12.9 Å². The lowest BCUT2D eigenvalue weighted by Crippen LogP contribution is -2.51. The van der Waals surface area contributed by atoms with E-state index in [9.17, 15) is 4.79 Å². The quantitative estimate of drug-likeness (QED) is 0.451. The molecule has 0 aliphatic heterocycles. The SMILES string of the molecule is COC(=O)C(C)(CCCSc1ncns1)NC1CC1. The highest BCUT2D eigenvalue weighted by molar-refractivity contribution is 8.00. The van der Waals surface area contributed by atoms with Crippen molar-refractivity contribution in [3.05, 3.63) is 6.33 Å². The summed E-state index contributed by atoms with van der Waals surface area (Å²) in [7, 11) is 1.45. The molecule has 1 N–H and O–H groups in total. The standard InChI is InChI=1S/C12H19N3O2S2/c1-12(10(16)17-2,15-9-4-5-9)6-3-7-18-11-13-8-14-19-11/h8-9,15H,3-7H2,1-2H3. The van der Waals surface area contributed by atoms with Crippen LogP contribution < -0.4 is 5.32 Å². The van der Waals surface area contributed by atoms with E-state index in [1.165, 1.54) is 18.6 Å². The monoisotopic (exact) mass is 301 g/mol. The van der Waals surface area contributed by atoms with Gasteiger partial charge >= 0.3 is 5.97 Å². The van der Waals surface area contributed by atoms with E-state index in [0.717, 1.165) is 35.8 Å². The Balaban J connectivity index is 1.77. The summed E-state index contributed by atoms with van der Waals surface area (Å²) < 4.78 is 9.86. The average molecular weight is 301 g/mol. The van der Waals surface area contributed by atoms with Crippen LogP contribution in [0.25, 0.3) is 0 Å². The summed E-state index contributed by atoms with van der Waals surface area (Å²) in [6, 6.07) is 0.486. The summed E-state index contributed by atoms with van der Waals surface area (Å²) in [5.74, 6) is 0.772. The van der Waals surface area contributed by atoms with Crippen molar-refractivity contribution in [3.63, 3.8) is 0 Å². The Morgan fingerprint density at radius 3 is 3.05 bits per heavy atom. The lowest BCUT2D eigenvalue weighted by molar-refractivity contribution is -0.148. The van der Waals surface area contributed by atoms with Gasteiger partial charge in [0.15, 0.2) is 4.34 Å². The van der Waals surface area contributed by atoms with E-state index in [-0.39, 0.29) is 5.97 Å². The van der Waals surface area contributed by atoms with Crippen LogP contribution in [-0.4, -0.2) is 39.8 Å². The molecule has 0 bridgehead atoms. The van der Waals surface area contributed by atoms with Crippen LogP contribution in [0, 0.1) is 0 Å². The van der Waals surface area contributed by atoms with Crippen LogP contribution in [-0.2, 0) is 9.53 Å². The highest BCUT2D eigenvalue weighted by Crippen LogP contribution is 2.27. The van der Waals surface area contributed by atoms with Gasteiger partial charge in [-0.25, -0.2) is 4.98 Å². The number of nitrogens with one attached hydrogen (secondary N) is 1. The zero-order valence-corrected chi connectivity index (χ0v) is 12.9. The molecule has 0 amide bonds. The van der Waals surface area contributed by atoms with Crippen LogP contribution >= 0.6 is 23.3 Å². The van der Waals surface area contributed by atoms with Gasteiger partial charge in [0.25, 0.3) is 0 Å². The summed E-state index contributed by atoms with van der Waals surface area (Å²) in [6.07, 6.45) is 5.61. The summed E-state index contributed by atoms with van der Waals surface area (Å²) in [5, 5.41) is 3.40. The Kier molecular flexibility index (Phi) is 5.18. The van der Waals surface area contributed by atoms with Crippen molar-refractivity contribution in [2.24, 2.45) is 0 Å².